The van der Waals surface area contributed by atoms with Gasteiger partial charge in [-0.2, -0.15) is 0 Å². The molecule has 0 bridgehead atoms. The first kappa shape index (κ1) is 21.3. The minimum absolute atomic E-state index is 0. The molecule has 1 aliphatic heterocycles. The van der Waals surface area contributed by atoms with Crippen LogP contribution in [0, 0.1) is 12.8 Å². The number of hydrogen-bond acceptors (Lipinski definition) is 3. The van der Waals surface area contributed by atoms with Crippen LogP contribution >= 0.6 is 12.4 Å². The van der Waals surface area contributed by atoms with Gasteiger partial charge in [0.2, 0.25) is 5.91 Å². The normalized spacial score (nSPS) is 16.7. The number of carbonyl (C=O) groups excluding carboxylic acids is 2. The maximum atomic E-state index is 12.1. The molecular formula is C18H29ClN4O2. The van der Waals surface area contributed by atoms with Crippen molar-refractivity contribution in [3.8, 4) is 0 Å². The Bertz CT molecular complexity index is 551. The molecule has 1 aromatic rings. The number of halogens is 1. The average Bonchev–Trinajstić information content (AvgIpc) is 2.60. The summed E-state index contributed by atoms with van der Waals surface area (Å²) in [7, 11) is 1.85. The Morgan fingerprint density at radius 1 is 1.24 bits per heavy atom. The highest BCUT2D eigenvalue weighted by atomic mass is 35.5. The van der Waals surface area contributed by atoms with Gasteiger partial charge in [-0.3, -0.25) is 4.79 Å². The van der Waals surface area contributed by atoms with E-state index in [1.54, 1.807) is 0 Å². The second-order valence-electron chi connectivity index (χ2n) is 6.40. The predicted octanol–water partition coefficient (Wildman–Crippen LogP) is 2.39. The van der Waals surface area contributed by atoms with Gasteiger partial charge in [-0.1, -0.05) is 17.7 Å². The minimum Gasteiger partial charge on any atom is -0.342 e. The summed E-state index contributed by atoms with van der Waals surface area (Å²) in [5.74, 6) is 0.513. The quantitative estimate of drug-likeness (QED) is 0.721. The predicted molar refractivity (Wildman–Crippen MR) is 103 cm³/mol. The lowest BCUT2D eigenvalue weighted by atomic mass is 9.98. The Morgan fingerprint density at radius 3 is 2.64 bits per heavy atom. The van der Waals surface area contributed by atoms with Crippen LogP contribution < -0.4 is 16.0 Å². The van der Waals surface area contributed by atoms with Crippen molar-refractivity contribution in [2.45, 2.75) is 26.2 Å². The summed E-state index contributed by atoms with van der Waals surface area (Å²) in [6.07, 6.45) is 2.57. The highest BCUT2D eigenvalue weighted by molar-refractivity contribution is 5.89. The number of amides is 3. The molecule has 0 saturated carbocycles. The Morgan fingerprint density at radius 2 is 1.96 bits per heavy atom. The molecule has 0 radical (unpaired) electrons. The lowest BCUT2D eigenvalue weighted by Gasteiger charge is -2.33. The number of anilines is 1. The third-order valence-corrected chi connectivity index (χ3v) is 4.32. The number of nitrogens with zero attached hydrogens (tertiary/aromatic N) is 1. The summed E-state index contributed by atoms with van der Waals surface area (Å²) in [6, 6.07) is 7.50. The highest BCUT2D eigenvalue weighted by Crippen LogP contribution is 2.16. The average molecular weight is 369 g/mol. The molecule has 2 rings (SSSR count). The minimum atomic E-state index is -0.197. The first-order valence-electron chi connectivity index (χ1n) is 8.62. The number of nitrogens with one attached hydrogen (secondary N) is 3. The lowest BCUT2D eigenvalue weighted by Crippen LogP contribution is -2.44. The van der Waals surface area contributed by atoms with Crippen LogP contribution in [0.2, 0.25) is 0 Å². The van der Waals surface area contributed by atoms with Crippen LogP contribution in [-0.4, -0.2) is 50.1 Å². The molecule has 1 fully saturated rings. The molecule has 140 valence electrons. The number of urea groups is 1. The number of carbonyl (C=O) groups is 2. The van der Waals surface area contributed by atoms with Crippen molar-refractivity contribution in [1.29, 1.82) is 0 Å². The van der Waals surface area contributed by atoms with E-state index in [4.69, 9.17) is 0 Å². The van der Waals surface area contributed by atoms with E-state index in [2.05, 4.69) is 16.0 Å². The summed E-state index contributed by atoms with van der Waals surface area (Å²) in [6.45, 7) is 4.86. The third-order valence-electron chi connectivity index (χ3n) is 4.32. The zero-order chi connectivity index (χ0) is 17.4. The lowest BCUT2D eigenvalue weighted by molar-refractivity contribution is -0.132. The topological polar surface area (TPSA) is 73.5 Å². The van der Waals surface area contributed by atoms with E-state index >= 15 is 0 Å². The van der Waals surface area contributed by atoms with Gasteiger partial charge in [0.05, 0.1) is 0 Å². The molecule has 1 heterocycles. The molecular weight excluding hydrogens is 340 g/mol. The number of hydrogen-bond donors (Lipinski definition) is 3. The SMILES string of the molecule is CNCCC(=O)N1CCCC(CNC(=O)Nc2ccc(C)cc2)C1.Cl. The molecule has 0 aromatic heterocycles. The Balaban J connectivity index is 0.00000312. The third kappa shape index (κ3) is 7.32. The standard InChI is InChI=1S/C18H28N4O2.ClH/c1-14-5-7-16(8-6-14)21-18(24)20-12-15-4-3-11-22(13-15)17(23)9-10-19-2;/h5-8,15,19H,3-4,9-13H2,1-2H3,(H2,20,21,24);1H. The first-order valence-corrected chi connectivity index (χ1v) is 8.62. The van der Waals surface area contributed by atoms with Crippen LogP contribution in [0.3, 0.4) is 0 Å². The van der Waals surface area contributed by atoms with Gasteiger partial charge in [0, 0.05) is 38.3 Å². The number of likely N-dealkylation sites (tertiary alicyclic amines) is 1. The van der Waals surface area contributed by atoms with E-state index in [9.17, 15) is 9.59 Å². The van der Waals surface area contributed by atoms with Crippen molar-refractivity contribution >= 4 is 30.0 Å². The number of rotatable bonds is 6. The summed E-state index contributed by atoms with van der Waals surface area (Å²) in [5, 5.41) is 8.75. The molecule has 6 nitrogen and oxygen atoms in total. The number of piperidine rings is 1. The summed E-state index contributed by atoms with van der Waals surface area (Å²) < 4.78 is 0. The maximum Gasteiger partial charge on any atom is 0.319 e. The zero-order valence-corrected chi connectivity index (χ0v) is 15.8. The van der Waals surface area contributed by atoms with Crippen molar-refractivity contribution in [2.75, 3.05) is 38.5 Å². The monoisotopic (exact) mass is 368 g/mol. The fraction of sp³-hybridized carbons (Fsp3) is 0.556. The Hall–Kier alpha value is -1.79. The zero-order valence-electron chi connectivity index (χ0n) is 15.0. The van der Waals surface area contributed by atoms with Gasteiger partial charge >= 0.3 is 6.03 Å². The van der Waals surface area contributed by atoms with Gasteiger partial charge in [-0.25, -0.2) is 4.79 Å². The van der Waals surface area contributed by atoms with Gasteiger partial charge in [0.15, 0.2) is 0 Å². The molecule has 0 aliphatic carbocycles. The molecule has 25 heavy (non-hydrogen) atoms. The molecule has 0 spiro atoms. The first-order chi connectivity index (χ1) is 11.6. The second kappa shape index (κ2) is 10.9. The Kier molecular flexibility index (Phi) is 9.31. The fourth-order valence-electron chi connectivity index (χ4n) is 2.90. The summed E-state index contributed by atoms with van der Waals surface area (Å²) in [5.41, 5.74) is 1.94. The van der Waals surface area contributed by atoms with Crippen LogP contribution in [-0.2, 0) is 4.79 Å². The van der Waals surface area contributed by atoms with Gasteiger partial charge in [-0.15, -0.1) is 12.4 Å². The summed E-state index contributed by atoms with van der Waals surface area (Å²) in [4.78, 5) is 26.0. The molecule has 1 aromatic carbocycles. The van der Waals surface area contributed by atoms with Crippen LogP contribution in [0.1, 0.15) is 24.8 Å². The van der Waals surface area contributed by atoms with Crippen molar-refractivity contribution in [3.05, 3.63) is 29.8 Å². The molecule has 3 N–H and O–H groups in total. The molecule has 1 unspecified atom stereocenters. The Labute approximate surface area is 156 Å². The van der Waals surface area contributed by atoms with E-state index in [0.717, 1.165) is 37.2 Å². The van der Waals surface area contributed by atoms with Gasteiger partial charge in [0.1, 0.15) is 0 Å². The second-order valence-corrected chi connectivity index (χ2v) is 6.40. The maximum absolute atomic E-state index is 12.1. The van der Waals surface area contributed by atoms with E-state index in [1.807, 2.05) is 43.1 Å². The molecule has 3 amide bonds. The van der Waals surface area contributed by atoms with E-state index in [0.29, 0.717) is 25.4 Å². The van der Waals surface area contributed by atoms with Gasteiger partial charge < -0.3 is 20.9 Å². The smallest absolute Gasteiger partial charge is 0.319 e. The van der Waals surface area contributed by atoms with Gasteiger partial charge in [0.25, 0.3) is 0 Å². The van der Waals surface area contributed by atoms with E-state index < -0.39 is 0 Å². The van der Waals surface area contributed by atoms with Crippen molar-refractivity contribution in [2.24, 2.45) is 5.92 Å². The number of benzene rings is 1. The molecule has 7 heteroatoms. The van der Waals surface area contributed by atoms with Crippen LogP contribution in [0.5, 0.6) is 0 Å². The van der Waals surface area contributed by atoms with Crippen LogP contribution in [0.4, 0.5) is 10.5 Å². The fourth-order valence-corrected chi connectivity index (χ4v) is 2.90. The van der Waals surface area contributed by atoms with Crippen LogP contribution in [0.25, 0.3) is 0 Å². The van der Waals surface area contributed by atoms with Crippen molar-refractivity contribution < 1.29 is 9.59 Å². The van der Waals surface area contributed by atoms with Crippen LogP contribution in [0.15, 0.2) is 24.3 Å². The molecule has 1 aliphatic rings. The van der Waals surface area contributed by atoms with Gasteiger partial charge in [-0.05, 0) is 44.9 Å². The van der Waals surface area contributed by atoms with E-state index in [1.165, 1.54) is 0 Å². The van der Waals surface area contributed by atoms with Crippen molar-refractivity contribution in [1.82, 2.24) is 15.5 Å². The molecule has 1 saturated heterocycles. The largest absolute Gasteiger partial charge is 0.342 e. The highest BCUT2D eigenvalue weighted by Gasteiger charge is 2.23. The van der Waals surface area contributed by atoms with E-state index in [-0.39, 0.29) is 24.3 Å². The molecule has 1 atom stereocenters. The summed E-state index contributed by atoms with van der Waals surface area (Å²) >= 11 is 0. The number of aryl methyl sites for hydroxylation is 1. The van der Waals surface area contributed by atoms with Crippen molar-refractivity contribution in [3.63, 3.8) is 0 Å².